The van der Waals surface area contributed by atoms with E-state index in [-0.39, 0.29) is 38.6 Å². The summed E-state index contributed by atoms with van der Waals surface area (Å²) in [4.78, 5) is 37.6. The van der Waals surface area contributed by atoms with Gasteiger partial charge in [0.25, 0.3) is 0 Å². The number of aliphatic carboxylic acids is 1. The van der Waals surface area contributed by atoms with Crippen LogP contribution < -0.4 is 5.11 Å². The normalized spacial score (nSPS) is 13.4. The van der Waals surface area contributed by atoms with Gasteiger partial charge in [0.15, 0.2) is 12.4 Å². The topological polar surface area (TPSA) is 111 Å². The number of rotatable bonds is 73. The molecule has 0 bridgehead atoms. The van der Waals surface area contributed by atoms with Crippen LogP contribution in [0.1, 0.15) is 341 Å². The zero-order valence-corrected chi connectivity index (χ0v) is 63.0. The van der Waals surface area contributed by atoms with Crippen molar-refractivity contribution in [3.63, 3.8) is 0 Å². The van der Waals surface area contributed by atoms with E-state index in [4.69, 9.17) is 18.9 Å². The lowest BCUT2D eigenvalue weighted by atomic mass is 10.0. The van der Waals surface area contributed by atoms with E-state index in [1.54, 1.807) is 0 Å². The van der Waals surface area contributed by atoms with E-state index in [1.165, 1.54) is 199 Å². The number of quaternary nitrogens is 1. The molecule has 0 amide bonds. The van der Waals surface area contributed by atoms with Gasteiger partial charge in [0, 0.05) is 12.8 Å². The summed E-state index contributed by atoms with van der Waals surface area (Å²) in [5, 5.41) is 11.9. The molecule has 0 aromatic rings. The Morgan fingerprint density at radius 2 is 0.594 bits per heavy atom. The molecule has 0 fully saturated rings. The fourth-order valence-corrected chi connectivity index (χ4v) is 11.1. The number of hydrogen-bond acceptors (Lipinski definition) is 8. The van der Waals surface area contributed by atoms with Gasteiger partial charge in [-0.05, 0) is 96.3 Å². The predicted octanol–water partition coefficient (Wildman–Crippen LogP) is 24.3. The minimum Gasteiger partial charge on any atom is -0.545 e. The minimum atomic E-state index is -1.64. The fraction of sp³-hybridized carbons (Fsp3) is 0.713. The fourth-order valence-electron chi connectivity index (χ4n) is 11.1. The van der Waals surface area contributed by atoms with E-state index in [0.717, 1.165) is 109 Å². The van der Waals surface area contributed by atoms with Crippen molar-refractivity contribution in [3.8, 4) is 0 Å². The summed E-state index contributed by atoms with van der Waals surface area (Å²) in [7, 11) is 5.92. The SMILES string of the molecule is CC/C=C\C/C=C\C/C=C\C/C=C\C/C=C\C/C=C\C/C=C\C/C=C\C/C=C\C/C=C\C/C=C\CCCCCC(=O)OC(COC(=O)CCCCCCCCCCCCCCCCCCCCCCCCCCCCCCCCCCCC)COC(OCC[N+](C)(C)C)C(=O)[O-]. The quantitative estimate of drug-likeness (QED) is 0.0195. The van der Waals surface area contributed by atoms with Crippen LogP contribution in [0.4, 0.5) is 0 Å². The van der Waals surface area contributed by atoms with Crippen molar-refractivity contribution in [1.29, 1.82) is 0 Å². The largest absolute Gasteiger partial charge is 0.545 e. The molecule has 2 atom stereocenters. The first-order valence-electron chi connectivity index (χ1n) is 39.8. The number of ether oxygens (including phenoxy) is 4. The highest BCUT2D eigenvalue weighted by atomic mass is 16.7. The Kier molecular flexibility index (Phi) is 72.6. The Morgan fingerprint density at radius 3 is 0.885 bits per heavy atom. The number of unbranched alkanes of at least 4 members (excludes halogenated alkanes) is 36. The van der Waals surface area contributed by atoms with Gasteiger partial charge in [0.05, 0.1) is 40.3 Å². The Morgan fingerprint density at radius 1 is 0.323 bits per heavy atom. The molecular weight excluding hydrogens is 1190 g/mol. The number of carbonyl (C=O) groups excluding carboxylic acids is 3. The molecule has 0 aliphatic heterocycles. The number of allylic oxidation sites excluding steroid dienone is 22. The standard InChI is InChI=1S/C87H149NO8/c1-6-8-10-12-14-16-18-20-22-24-26-28-30-32-34-36-38-40-42-43-44-46-48-50-52-54-56-58-60-62-64-66-68-70-72-74-76-78-85(90)96-83(82-95-87(86(91)92)93-80-79-88(3,4)5)81-94-84(89)77-75-73-71-69-67-65-63-61-59-57-55-53-51-49-47-45-41-39-37-35-33-31-29-27-25-23-21-19-17-15-13-11-9-7-2/h8,10,14,16,20,22,26,28,32,34,38,40,43-44,48,50,54,56,60,62,66,68,83,87H,6-7,9,11-13,15,17-19,21,23-25,27,29-31,33,35-37,39,41-42,45-47,49,51-53,55,57-59,61,63-65,67,69-82H2,1-5H3/b10-8-,16-14-,22-20-,28-26-,34-32-,40-38-,44-43-,50-48-,56-54-,62-60-,68-66-. The van der Waals surface area contributed by atoms with Crippen molar-refractivity contribution in [3.05, 3.63) is 134 Å². The molecule has 9 heteroatoms. The van der Waals surface area contributed by atoms with E-state index in [1.807, 2.05) is 21.1 Å². The van der Waals surface area contributed by atoms with Crippen molar-refractivity contribution >= 4 is 17.9 Å². The Labute approximate surface area is 592 Å². The van der Waals surface area contributed by atoms with Crippen molar-refractivity contribution in [2.24, 2.45) is 0 Å². The number of hydrogen-bond donors (Lipinski definition) is 0. The highest BCUT2D eigenvalue weighted by Crippen LogP contribution is 2.19. The molecule has 96 heavy (non-hydrogen) atoms. The Hall–Kier alpha value is -4.57. The molecule has 0 aromatic carbocycles. The molecule has 0 aliphatic rings. The van der Waals surface area contributed by atoms with Crippen LogP contribution in [-0.2, 0) is 33.3 Å². The number of esters is 2. The lowest BCUT2D eigenvalue weighted by Crippen LogP contribution is -2.44. The van der Waals surface area contributed by atoms with E-state index < -0.39 is 24.3 Å². The van der Waals surface area contributed by atoms with Crippen molar-refractivity contribution in [1.82, 2.24) is 0 Å². The summed E-state index contributed by atoms with van der Waals surface area (Å²) in [5.41, 5.74) is 0. The van der Waals surface area contributed by atoms with Crippen LogP contribution in [0.3, 0.4) is 0 Å². The molecule has 0 N–H and O–H groups in total. The van der Waals surface area contributed by atoms with Gasteiger partial charge >= 0.3 is 11.9 Å². The van der Waals surface area contributed by atoms with Crippen LogP contribution in [0, 0.1) is 0 Å². The van der Waals surface area contributed by atoms with Gasteiger partial charge in [-0.15, -0.1) is 0 Å². The van der Waals surface area contributed by atoms with Crippen molar-refractivity contribution < 1.29 is 42.9 Å². The van der Waals surface area contributed by atoms with Crippen LogP contribution in [0.15, 0.2) is 134 Å². The van der Waals surface area contributed by atoms with Gasteiger partial charge in [-0.1, -0.05) is 366 Å². The van der Waals surface area contributed by atoms with Gasteiger partial charge in [0.2, 0.25) is 0 Å². The zero-order chi connectivity index (χ0) is 69.7. The lowest BCUT2D eigenvalue weighted by Gasteiger charge is -2.26. The molecule has 0 saturated carbocycles. The zero-order valence-electron chi connectivity index (χ0n) is 63.0. The second-order valence-corrected chi connectivity index (χ2v) is 27.6. The second-order valence-electron chi connectivity index (χ2n) is 27.6. The Balaban J connectivity index is 4.13. The number of nitrogens with zero attached hydrogens (tertiary/aromatic N) is 1. The summed E-state index contributed by atoms with van der Waals surface area (Å²) in [6.07, 6.45) is 107. The number of carboxylic acids is 1. The molecule has 0 saturated heterocycles. The maximum absolute atomic E-state index is 13.0. The third-order valence-electron chi connectivity index (χ3n) is 17.2. The first-order chi connectivity index (χ1) is 47.1. The summed E-state index contributed by atoms with van der Waals surface area (Å²) in [5.74, 6) is -2.33. The molecule has 0 heterocycles. The third-order valence-corrected chi connectivity index (χ3v) is 17.2. The molecular formula is C87H149NO8. The molecule has 0 spiro atoms. The van der Waals surface area contributed by atoms with Crippen molar-refractivity contribution in [2.75, 3.05) is 47.5 Å². The van der Waals surface area contributed by atoms with Gasteiger partial charge in [-0.3, -0.25) is 9.59 Å². The van der Waals surface area contributed by atoms with Crippen LogP contribution in [-0.4, -0.2) is 82.3 Å². The molecule has 0 aliphatic carbocycles. The van der Waals surface area contributed by atoms with Gasteiger partial charge in [-0.2, -0.15) is 0 Å². The van der Waals surface area contributed by atoms with Crippen molar-refractivity contribution in [2.45, 2.75) is 354 Å². The summed E-state index contributed by atoms with van der Waals surface area (Å²) >= 11 is 0. The van der Waals surface area contributed by atoms with Crippen LogP contribution in [0.25, 0.3) is 0 Å². The van der Waals surface area contributed by atoms with Gasteiger partial charge < -0.3 is 33.3 Å². The second kappa shape index (κ2) is 76.2. The van der Waals surface area contributed by atoms with E-state index >= 15 is 0 Å². The van der Waals surface area contributed by atoms with Gasteiger partial charge in [-0.25, -0.2) is 0 Å². The van der Waals surface area contributed by atoms with Crippen LogP contribution in [0.2, 0.25) is 0 Å². The maximum atomic E-state index is 13.0. The average molecular weight is 1340 g/mol. The maximum Gasteiger partial charge on any atom is 0.306 e. The summed E-state index contributed by atoms with van der Waals surface area (Å²) in [6.45, 7) is 4.63. The van der Waals surface area contributed by atoms with E-state index in [2.05, 4.69) is 148 Å². The smallest absolute Gasteiger partial charge is 0.306 e. The van der Waals surface area contributed by atoms with Gasteiger partial charge in [0.1, 0.15) is 13.2 Å². The highest BCUT2D eigenvalue weighted by molar-refractivity contribution is 5.70. The Bertz CT molecular complexity index is 2050. The van der Waals surface area contributed by atoms with Crippen LogP contribution >= 0.6 is 0 Å². The molecule has 0 radical (unpaired) electrons. The van der Waals surface area contributed by atoms with E-state index in [0.29, 0.717) is 17.4 Å². The van der Waals surface area contributed by atoms with Crippen LogP contribution in [0.5, 0.6) is 0 Å². The van der Waals surface area contributed by atoms with E-state index in [9.17, 15) is 19.5 Å². The first-order valence-corrected chi connectivity index (χ1v) is 39.8. The molecule has 2 unspecified atom stereocenters. The number of carboxylic acid groups (broad SMARTS) is 1. The highest BCUT2D eigenvalue weighted by Gasteiger charge is 2.22. The molecule has 550 valence electrons. The monoisotopic (exact) mass is 1340 g/mol. The first kappa shape index (κ1) is 91.4. The average Bonchev–Trinajstić information content (AvgIpc) is 2.74. The number of carbonyl (C=O) groups is 3. The molecule has 0 aromatic heterocycles. The predicted molar refractivity (Wildman–Crippen MR) is 412 cm³/mol. The molecule has 9 nitrogen and oxygen atoms in total. The summed E-state index contributed by atoms with van der Waals surface area (Å²) < 4.78 is 22.8. The summed E-state index contributed by atoms with van der Waals surface area (Å²) in [6, 6.07) is 0. The minimum absolute atomic E-state index is 0.136. The number of likely N-dealkylation sites (N-methyl/N-ethyl adjacent to an activating group) is 1. The lowest BCUT2D eigenvalue weighted by molar-refractivity contribution is -0.870. The molecule has 0 rings (SSSR count). The third kappa shape index (κ3) is 76.8.